The molecule has 126 valence electrons. The predicted octanol–water partition coefficient (Wildman–Crippen LogP) is 4.65. The predicted molar refractivity (Wildman–Crippen MR) is 98.8 cm³/mol. The number of hydrogen-bond donors (Lipinski definition) is 1. The van der Waals surface area contributed by atoms with Crippen LogP contribution in [0.5, 0.6) is 0 Å². The van der Waals surface area contributed by atoms with E-state index in [-0.39, 0.29) is 5.91 Å². The zero-order valence-electron chi connectivity index (χ0n) is 13.4. The van der Waals surface area contributed by atoms with Crippen molar-refractivity contribution in [1.82, 2.24) is 4.98 Å². The van der Waals surface area contributed by atoms with Crippen molar-refractivity contribution in [2.24, 2.45) is 0 Å². The Morgan fingerprint density at radius 2 is 2.20 bits per heavy atom. The topological polar surface area (TPSA) is 42.0 Å². The van der Waals surface area contributed by atoms with Crippen molar-refractivity contribution >= 4 is 28.8 Å². The van der Waals surface area contributed by atoms with Crippen LogP contribution in [-0.4, -0.2) is 10.9 Å². The number of carbonyl (C=O) groups is 1. The van der Waals surface area contributed by atoms with Crippen LogP contribution in [0, 0.1) is 5.95 Å². The van der Waals surface area contributed by atoms with Gasteiger partial charge in [-0.25, -0.2) is 4.98 Å². The molecule has 0 saturated heterocycles. The summed E-state index contributed by atoms with van der Waals surface area (Å²) in [6.45, 7) is 4.02. The second kappa shape index (κ2) is 7.45. The third kappa shape index (κ3) is 4.22. The van der Waals surface area contributed by atoms with Gasteiger partial charge in [0.05, 0.1) is 6.42 Å². The number of allylic oxidation sites excluding steroid dienone is 5. The van der Waals surface area contributed by atoms with E-state index in [0.717, 1.165) is 22.4 Å². The molecular formula is C20H16ClFN2O. The number of nitrogens with zero attached hydrogens (tertiary/aromatic N) is 1. The molecule has 0 fully saturated rings. The fraction of sp³-hybridized carbons (Fsp3) is 0.100. The van der Waals surface area contributed by atoms with Gasteiger partial charge in [-0.1, -0.05) is 42.5 Å². The molecule has 5 heteroatoms. The summed E-state index contributed by atoms with van der Waals surface area (Å²) in [4.78, 5) is 15.0. The zero-order chi connectivity index (χ0) is 17.8. The number of pyridine rings is 1. The second-order valence-electron chi connectivity index (χ2n) is 5.71. The minimum absolute atomic E-state index is 0.00221. The van der Waals surface area contributed by atoms with Crippen LogP contribution >= 0.6 is 11.6 Å². The van der Waals surface area contributed by atoms with Crippen molar-refractivity contribution in [3.05, 3.63) is 89.0 Å². The van der Waals surface area contributed by atoms with E-state index in [9.17, 15) is 9.18 Å². The van der Waals surface area contributed by atoms with Gasteiger partial charge in [0.25, 0.3) is 0 Å². The normalized spacial score (nSPS) is 13.8. The van der Waals surface area contributed by atoms with E-state index in [0.29, 0.717) is 23.4 Å². The van der Waals surface area contributed by atoms with Crippen LogP contribution < -0.4 is 5.32 Å². The lowest BCUT2D eigenvalue weighted by Gasteiger charge is -2.06. The van der Waals surface area contributed by atoms with E-state index in [1.807, 2.05) is 30.4 Å². The van der Waals surface area contributed by atoms with E-state index in [1.54, 1.807) is 12.1 Å². The van der Waals surface area contributed by atoms with Gasteiger partial charge < -0.3 is 5.32 Å². The van der Waals surface area contributed by atoms with Crippen molar-refractivity contribution in [3.8, 4) is 0 Å². The van der Waals surface area contributed by atoms with E-state index >= 15 is 0 Å². The molecule has 1 aromatic heterocycles. The molecule has 1 aliphatic heterocycles. The molecule has 0 saturated carbocycles. The van der Waals surface area contributed by atoms with E-state index < -0.39 is 5.95 Å². The lowest BCUT2D eigenvalue weighted by molar-refractivity contribution is -0.115. The number of amides is 1. The lowest BCUT2D eigenvalue weighted by atomic mass is 10.0. The average molecular weight is 355 g/mol. The van der Waals surface area contributed by atoms with Gasteiger partial charge in [-0.2, -0.15) is 4.39 Å². The number of hydrogen-bond acceptors (Lipinski definition) is 2. The highest BCUT2D eigenvalue weighted by Gasteiger charge is 2.18. The second-order valence-corrected chi connectivity index (χ2v) is 6.12. The van der Waals surface area contributed by atoms with Gasteiger partial charge in [-0.15, -0.1) is 0 Å². The Morgan fingerprint density at radius 3 is 2.96 bits per heavy atom. The molecule has 0 unspecified atom stereocenters. The maximum atomic E-state index is 12.7. The number of nitrogens with one attached hydrogen (secondary N) is 1. The first-order valence-electron chi connectivity index (χ1n) is 7.78. The molecule has 0 radical (unpaired) electrons. The van der Waals surface area contributed by atoms with Gasteiger partial charge in [-0.3, -0.25) is 4.79 Å². The lowest BCUT2D eigenvalue weighted by Crippen LogP contribution is -2.03. The molecule has 0 bridgehead atoms. The maximum absolute atomic E-state index is 12.7. The summed E-state index contributed by atoms with van der Waals surface area (Å²) >= 11 is 6.31. The summed E-state index contributed by atoms with van der Waals surface area (Å²) in [5.41, 5.74) is 4.28. The zero-order valence-corrected chi connectivity index (χ0v) is 14.2. The number of anilines is 1. The Labute approximate surface area is 150 Å². The molecular weight excluding hydrogens is 339 g/mol. The molecule has 1 aliphatic rings. The summed E-state index contributed by atoms with van der Waals surface area (Å²) in [5, 5.41) is 3.32. The minimum atomic E-state index is -0.488. The summed E-state index contributed by atoms with van der Waals surface area (Å²) < 4.78 is 12.7. The Hall–Kier alpha value is -2.72. The van der Waals surface area contributed by atoms with E-state index in [4.69, 9.17) is 11.6 Å². The molecule has 3 nitrogen and oxygen atoms in total. The van der Waals surface area contributed by atoms with Crippen LogP contribution in [0.15, 0.2) is 66.4 Å². The molecule has 0 atom stereocenters. The van der Waals surface area contributed by atoms with Crippen LogP contribution in [0.25, 0.3) is 5.57 Å². The number of fused-ring (bicyclic) bond motifs is 1. The highest BCUT2D eigenvalue weighted by atomic mass is 35.5. The van der Waals surface area contributed by atoms with E-state index in [2.05, 4.69) is 16.9 Å². The third-order valence-corrected chi connectivity index (χ3v) is 4.24. The van der Waals surface area contributed by atoms with Crippen LogP contribution in [-0.2, 0) is 17.6 Å². The first kappa shape index (κ1) is 17.1. The van der Waals surface area contributed by atoms with Crippen molar-refractivity contribution in [2.45, 2.75) is 12.8 Å². The Morgan fingerprint density at radius 1 is 1.36 bits per heavy atom. The minimum Gasteiger partial charge on any atom is -0.326 e. The van der Waals surface area contributed by atoms with E-state index in [1.165, 1.54) is 12.3 Å². The largest absolute Gasteiger partial charge is 0.326 e. The third-order valence-electron chi connectivity index (χ3n) is 3.89. The number of carbonyl (C=O) groups excluding carboxylic acids is 1. The van der Waals surface area contributed by atoms with Crippen LogP contribution in [0.1, 0.15) is 16.7 Å². The Bertz CT molecular complexity index is 885. The van der Waals surface area contributed by atoms with Crippen molar-refractivity contribution < 1.29 is 9.18 Å². The number of benzene rings is 1. The van der Waals surface area contributed by atoms with Crippen molar-refractivity contribution in [2.75, 3.05) is 5.32 Å². The van der Waals surface area contributed by atoms with Gasteiger partial charge in [0.2, 0.25) is 11.9 Å². The van der Waals surface area contributed by atoms with Crippen LogP contribution in [0.4, 0.5) is 10.1 Å². The molecule has 1 aromatic carbocycles. The molecule has 1 amide bonds. The summed E-state index contributed by atoms with van der Waals surface area (Å²) in [5.74, 6) is -0.490. The maximum Gasteiger partial charge on any atom is 0.228 e. The smallest absolute Gasteiger partial charge is 0.228 e. The van der Waals surface area contributed by atoms with Gasteiger partial charge in [0.1, 0.15) is 0 Å². The average Bonchev–Trinajstić information content (AvgIpc) is 2.98. The standard InChI is InChI=1S/C20H16ClFN2O/c1-13(15-7-8-18-16(10-15)11-20(25)24-18)17(21)5-3-2-4-14-6-9-19(22)23-12-14/h2-3,5-10,12H,1,4,11H2,(H,24,25)/b3-2-,17-5+. The molecule has 2 heterocycles. The number of halogens is 2. The summed E-state index contributed by atoms with van der Waals surface area (Å²) in [6, 6.07) is 8.71. The molecule has 2 aromatic rings. The SMILES string of the molecule is C=C(/C(Cl)=C\C=C/Cc1ccc(F)nc1)c1ccc2c(c1)CC(=O)N2. The van der Waals surface area contributed by atoms with Gasteiger partial charge in [0, 0.05) is 16.9 Å². The highest BCUT2D eigenvalue weighted by Crippen LogP contribution is 2.30. The first-order chi connectivity index (χ1) is 12.0. The van der Waals surface area contributed by atoms with Crippen LogP contribution in [0.3, 0.4) is 0 Å². The number of rotatable bonds is 5. The Balaban J connectivity index is 1.64. The van der Waals surface area contributed by atoms with Crippen LogP contribution in [0.2, 0.25) is 0 Å². The first-order valence-corrected chi connectivity index (χ1v) is 8.16. The van der Waals surface area contributed by atoms with Gasteiger partial charge >= 0.3 is 0 Å². The monoisotopic (exact) mass is 354 g/mol. The fourth-order valence-electron chi connectivity index (χ4n) is 2.54. The molecule has 3 rings (SSSR count). The summed E-state index contributed by atoms with van der Waals surface area (Å²) in [7, 11) is 0. The van der Waals surface area contributed by atoms with Crippen molar-refractivity contribution in [3.63, 3.8) is 0 Å². The van der Waals surface area contributed by atoms with Gasteiger partial charge in [0.15, 0.2) is 0 Å². The number of aromatic nitrogens is 1. The highest BCUT2D eigenvalue weighted by molar-refractivity contribution is 6.37. The molecule has 25 heavy (non-hydrogen) atoms. The molecule has 1 N–H and O–H groups in total. The quantitative estimate of drug-likeness (QED) is 0.627. The summed E-state index contributed by atoms with van der Waals surface area (Å²) in [6.07, 6.45) is 8.02. The van der Waals surface area contributed by atoms with Gasteiger partial charge in [-0.05, 0) is 53.0 Å². The molecule has 0 aliphatic carbocycles. The van der Waals surface area contributed by atoms with Crippen molar-refractivity contribution in [1.29, 1.82) is 0 Å². The Kier molecular flexibility index (Phi) is 5.10. The fourth-order valence-corrected chi connectivity index (χ4v) is 2.72. The molecule has 0 spiro atoms.